The van der Waals surface area contributed by atoms with Crippen molar-refractivity contribution >= 4 is 39.6 Å². The Morgan fingerprint density at radius 1 is 1.08 bits per heavy atom. The third-order valence-corrected chi connectivity index (χ3v) is 4.03. The van der Waals surface area contributed by atoms with E-state index >= 15 is 0 Å². The van der Waals surface area contributed by atoms with Crippen LogP contribution in [0.4, 0.5) is 11.4 Å². The fourth-order valence-corrected chi connectivity index (χ4v) is 2.66. The van der Waals surface area contributed by atoms with Crippen molar-refractivity contribution in [3.05, 3.63) is 53.6 Å². The summed E-state index contributed by atoms with van der Waals surface area (Å²) in [6.07, 6.45) is 0. The Morgan fingerprint density at radius 3 is 2.46 bits per heavy atom. The first kappa shape index (κ1) is 16.1. The molecule has 6 heteroatoms. The van der Waals surface area contributed by atoms with Gasteiger partial charge in [-0.05, 0) is 50.3 Å². The number of fused-ring (bicyclic) bond motifs is 1. The molecule has 0 saturated heterocycles. The minimum atomic E-state index is 0.0671. The first-order valence-corrected chi connectivity index (χ1v) is 7.94. The molecule has 0 unspecified atom stereocenters. The van der Waals surface area contributed by atoms with Crippen LogP contribution in [-0.2, 0) is 7.05 Å². The number of aromatic nitrogens is 1. The molecule has 3 rings (SSSR count). The number of hydrogen-bond acceptors (Lipinski definition) is 3. The molecular formula is C18H18N4OS. The van der Waals surface area contributed by atoms with Crippen LogP contribution in [-0.4, -0.2) is 14.8 Å². The van der Waals surface area contributed by atoms with E-state index in [0.29, 0.717) is 5.69 Å². The monoisotopic (exact) mass is 338 g/mol. The molecule has 2 aromatic carbocycles. The lowest BCUT2D eigenvalue weighted by Crippen LogP contribution is -2.04. The average molecular weight is 338 g/mol. The van der Waals surface area contributed by atoms with Crippen molar-refractivity contribution in [3.8, 4) is 5.88 Å². The number of thiocarbonyl (C=S) groups is 1. The van der Waals surface area contributed by atoms with Crippen molar-refractivity contribution in [2.24, 2.45) is 17.3 Å². The summed E-state index contributed by atoms with van der Waals surface area (Å²) in [5, 5.41) is 22.6. The molecule has 3 aromatic rings. The summed E-state index contributed by atoms with van der Waals surface area (Å²) in [6, 6.07) is 13.7. The van der Waals surface area contributed by atoms with Gasteiger partial charge in [-0.2, -0.15) is 0 Å². The molecule has 0 bridgehead atoms. The molecule has 0 radical (unpaired) electrons. The number of rotatable bonds is 2. The van der Waals surface area contributed by atoms with Gasteiger partial charge >= 0.3 is 0 Å². The zero-order valence-electron chi connectivity index (χ0n) is 13.7. The lowest BCUT2D eigenvalue weighted by Gasteiger charge is -2.03. The second-order valence-electron chi connectivity index (χ2n) is 5.75. The van der Waals surface area contributed by atoms with E-state index in [1.165, 1.54) is 5.56 Å². The molecule has 122 valence electrons. The Bertz CT molecular complexity index is 942. The SMILES string of the molecule is Cc1ccc(NC(=S)N=Nc2c(O)n(C)c3ccc(C)cc23)cc1. The first-order valence-electron chi connectivity index (χ1n) is 7.53. The number of anilines is 1. The van der Waals surface area contributed by atoms with E-state index in [2.05, 4.69) is 15.5 Å². The summed E-state index contributed by atoms with van der Waals surface area (Å²) < 4.78 is 1.68. The van der Waals surface area contributed by atoms with Gasteiger partial charge in [-0.1, -0.05) is 29.3 Å². The second-order valence-corrected chi connectivity index (χ2v) is 6.13. The molecule has 2 N–H and O–H groups in total. The standard InChI is InChI=1S/C18H18N4OS/c1-11-4-7-13(8-5-11)19-18(24)21-20-16-14-10-12(2)6-9-15(14)22(3)17(16)23/h4-10,23H,1-3H3,(H,19,24). The molecule has 0 saturated carbocycles. The normalized spacial score (nSPS) is 11.3. The molecule has 1 aromatic heterocycles. The minimum Gasteiger partial charge on any atom is -0.493 e. The number of nitrogens with zero attached hydrogens (tertiary/aromatic N) is 3. The average Bonchev–Trinajstić information content (AvgIpc) is 2.78. The Balaban J connectivity index is 1.87. The molecular weight excluding hydrogens is 320 g/mol. The Morgan fingerprint density at radius 2 is 1.75 bits per heavy atom. The number of benzene rings is 2. The maximum atomic E-state index is 10.3. The summed E-state index contributed by atoms with van der Waals surface area (Å²) >= 11 is 5.21. The highest BCUT2D eigenvalue weighted by Gasteiger charge is 2.14. The predicted octanol–water partition coefficient (Wildman–Crippen LogP) is 4.98. The summed E-state index contributed by atoms with van der Waals surface area (Å²) in [5.74, 6) is 0.0671. The van der Waals surface area contributed by atoms with Crippen LogP contribution in [0.2, 0.25) is 0 Å². The molecule has 0 aliphatic heterocycles. The van der Waals surface area contributed by atoms with E-state index in [4.69, 9.17) is 12.2 Å². The predicted molar refractivity (Wildman–Crippen MR) is 101 cm³/mol. The molecule has 0 aliphatic carbocycles. The third kappa shape index (κ3) is 3.14. The minimum absolute atomic E-state index is 0.0671. The van der Waals surface area contributed by atoms with E-state index in [-0.39, 0.29) is 11.0 Å². The van der Waals surface area contributed by atoms with Crippen LogP contribution in [0.5, 0.6) is 5.88 Å². The number of aryl methyl sites for hydroxylation is 3. The van der Waals surface area contributed by atoms with E-state index in [1.54, 1.807) is 11.6 Å². The zero-order chi connectivity index (χ0) is 17.3. The lowest BCUT2D eigenvalue weighted by atomic mass is 10.1. The molecule has 0 spiro atoms. The summed E-state index contributed by atoms with van der Waals surface area (Å²) in [7, 11) is 1.79. The largest absolute Gasteiger partial charge is 0.493 e. The number of aromatic hydroxyl groups is 1. The second kappa shape index (κ2) is 6.41. The van der Waals surface area contributed by atoms with Crippen LogP contribution >= 0.6 is 12.2 Å². The quantitative estimate of drug-likeness (QED) is 0.511. The van der Waals surface area contributed by atoms with Crippen LogP contribution in [0.25, 0.3) is 10.9 Å². The fraction of sp³-hybridized carbons (Fsp3) is 0.167. The van der Waals surface area contributed by atoms with Gasteiger partial charge in [-0.25, -0.2) is 0 Å². The van der Waals surface area contributed by atoms with E-state index in [0.717, 1.165) is 22.2 Å². The van der Waals surface area contributed by atoms with E-state index in [1.807, 2.05) is 56.3 Å². The van der Waals surface area contributed by atoms with Gasteiger partial charge in [0, 0.05) is 18.1 Å². The maximum Gasteiger partial charge on any atom is 0.220 e. The number of nitrogens with one attached hydrogen (secondary N) is 1. The van der Waals surface area contributed by atoms with Crippen LogP contribution in [0.3, 0.4) is 0 Å². The van der Waals surface area contributed by atoms with E-state index in [9.17, 15) is 5.11 Å². The van der Waals surface area contributed by atoms with Crippen molar-refractivity contribution < 1.29 is 5.11 Å². The number of azo groups is 1. The zero-order valence-corrected chi connectivity index (χ0v) is 14.6. The van der Waals surface area contributed by atoms with Gasteiger partial charge in [0.2, 0.25) is 11.0 Å². The van der Waals surface area contributed by atoms with Gasteiger partial charge < -0.3 is 15.0 Å². The van der Waals surface area contributed by atoms with Gasteiger partial charge in [0.15, 0.2) is 5.69 Å². The smallest absolute Gasteiger partial charge is 0.220 e. The summed E-state index contributed by atoms with van der Waals surface area (Å²) in [5.41, 5.74) is 4.42. The van der Waals surface area contributed by atoms with Gasteiger partial charge in [0.25, 0.3) is 0 Å². The van der Waals surface area contributed by atoms with Gasteiger partial charge in [0.1, 0.15) is 0 Å². The van der Waals surface area contributed by atoms with Gasteiger partial charge in [-0.15, -0.1) is 10.2 Å². The van der Waals surface area contributed by atoms with Crippen molar-refractivity contribution in [1.82, 2.24) is 4.57 Å². The highest BCUT2D eigenvalue weighted by Crippen LogP contribution is 2.38. The summed E-state index contributed by atoms with van der Waals surface area (Å²) in [4.78, 5) is 0. The molecule has 0 fully saturated rings. The molecule has 0 atom stereocenters. The molecule has 5 nitrogen and oxygen atoms in total. The fourth-order valence-electron chi connectivity index (χ4n) is 2.50. The lowest BCUT2D eigenvalue weighted by molar-refractivity contribution is 0.436. The van der Waals surface area contributed by atoms with Gasteiger partial charge in [-0.3, -0.25) is 0 Å². The summed E-state index contributed by atoms with van der Waals surface area (Å²) in [6.45, 7) is 4.01. The van der Waals surface area contributed by atoms with Crippen LogP contribution in [0.1, 0.15) is 11.1 Å². The Labute approximate surface area is 145 Å². The van der Waals surface area contributed by atoms with Crippen LogP contribution in [0.15, 0.2) is 52.7 Å². The highest BCUT2D eigenvalue weighted by molar-refractivity contribution is 7.80. The number of hydrogen-bond donors (Lipinski definition) is 2. The molecule has 0 amide bonds. The topological polar surface area (TPSA) is 61.9 Å². The van der Waals surface area contributed by atoms with Crippen molar-refractivity contribution in [3.63, 3.8) is 0 Å². The van der Waals surface area contributed by atoms with E-state index < -0.39 is 0 Å². The van der Waals surface area contributed by atoms with Gasteiger partial charge in [0.05, 0.1) is 5.52 Å². The maximum absolute atomic E-state index is 10.3. The molecule has 24 heavy (non-hydrogen) atoms. The van der Waals surface area contributed by atoms with Crippen molar-refractivity contribution in [2.45, 2.75) is 13.8 Å². The molecule has 0 aliphatic rings. The Kier molecular flexibility index (Phi) is 4.31. The highest BCUT2D eigenvalue weighted by atomic mass is 32.1. The van der Waals surface area contributed by atoms with Crippen LogP contribution < -0.4 is 5.32 Å². The third-order valence-electron chi connectivity index (χ3n) is 3.84. The van der Waals surface area contributed by atoms with Crippen molar-refractivity contribution in [1.29, 1.82) is 0 Å². The Hall–Kier alpha value is -2.73. The molecule has 1 heterocycles. The van der Waals surface area contributed by atoms with Crippen LogP contribution in [0, 0.1) is 13.8 Å². The first-order chi connectivity index (χ1) is 11.5. The van der Waals surface area contributed by atoms with Crippen molar-refractivity contribution in [2.75, 3.05) is 5.32 Å².